The lowest BCUT2D eigenvalue weighted by Crippen LogP contribution is -2.43. The Hall–Kier alpha value is -3.13. The van der Waals surface area contributed by atoms with Crippen LogP contribution < -0.4 is 4.74 Å². The highest BCUT2D eigenvalue weighted by atomic mass is 35.5. The molecule has 3 rings (SSSR count). The molecule has 1 saturated heterocycles. The van der Waals surface area contributed by atoms with Crippen molar-refractivity contribution in [3.63, 3.8) is 0 Å². The van der Waals surface area contributed by atoms with Crippen LogP contribution in [0.25, 0.3) is 0 Å². The fraction of sp³-hybridized carbons (Fsp3) is 0.333. The molecule has 0 aliphatic carbocycles. The van der Waals surface area contributed by atoms with E-state index in [4.69, 9.17) is 16.3 Å². The average molecular weight is 435 g/mol. The van der Waals surface area contributed by atoms with Gasteiger partial charge in [0.15, 0.2) is 23.4 Å². The number of carbonyl (C=O) groups is 2. The van der Waals surface area contributed by atoms with Crippen molar-refractivity contribution >= 4 is 23.4 Å². The van der Waals surface area contributed by atoms with E-state index in [0.29, 0.717) is 43.4 Å². The third-order valence-corrected chi connectivity index (χ3v) is 5.14. The van der Waals surface area contributed by atoms with Gasteiger partial charge >= 0.3 is 0 Å². The van der Waals surface area contributed by atoms with Crippen LogP contribution in [0.3, 0.4) is 0 Å². The molecule has 1 aliphatic heterocycles. The molecule has 9 heteroatoms. The summed E-state index contributed by atoms with van der Waals surface area (Å²) < 4.78 is 5.70. The van der Waals surface area contributed by atoms with Crippen molar-refractivity contribution in [3.05, 3.63) is 47.0 Å². The number of phenolic OH excluding ortho intramolecular Hbond substituents is 3. The van der Waals surface area contributed by atoms with Crippen molar-refractivity contribution in [2.75, 3.05) is 26.2 Å². The molecule has 2 amide bonds. The van der Waals surface area contributed by atoms with Crippen LogP contribution in [0.4, 0.5) is 0 Å². The third-order valence-electron chi connectivity index (χ3n) is 4.89. The standard InChI is InChI=1S/C21H23ClN2O6/c1-13(30-16-5-3-15(22)4-6-16)20(28)23-7-2-8-24(10-9-23)21(29)14-11-17(25)19(27)18(26)12-14/h3-6,11-13,25-27H,2,7-10H2,1H3. The fourth-order valence-electron chi connectivity index (χ4n) is 3.28. The van der Waals surface area contributed by atoms with Gasteiger partial charge in [-0.25, -0.2) is 0 Å². The van der Waals surface area contributed by atoms with Gasteiger partial charge in [0.2, 0.25) is 0 Å². The van der Waals surface area contributed by atoms with Gasteiger partial charge in [0.25, 0.3) is 11.8 Å². The maximum Gasteiger partial charge on any atom is 0.263 e. The van der Waals surface area contributed by atoms with Gasteiger partial charge in [0.05, 0.1) is 0 Å². The van der Waals surface area contributed by atoms with Crippen LogP contribution in [0.1, 0.15) is 23.7 Å². The molecule has 3 N–H and O–H groups in total. The summed E-state index contributed by atoms with van der Waals surface area (Å²) in [6.45, 7) is 3.18. The second kappa shape index (κ2) is 9.13. The molecule has 8 nitrogen and oxygen atoms in total. The highest BCUT2D eigenvalue weighted by Gasteiger charge is 2.27. The minimum atomic E-state index is -0.695. The van der Waals surface area contributed by atoms with Gasteiger partial charge in [-0.05, 0) is 49.7 Å². The predicted molar refractivity (Wildman–Crippen MR) is 110 cm³/mol. The second-order valence-electron chi connectivity index (χ2n) is 7.05. The molecular weight excluding hydrogens is 412 g/mol. The monoisotopic (exact) mass is 434 g/mol. The van der Waals surface area contributed by atoms with Crippen LogP contribution in [0.2, 0.25) is 5.02 Å². The number of phenols is 3. The summed E-state index contributed by atoms with van der Waals surface area (Å²) in [7, 11) is 0. The first-order valence-electron chi connectivity index (χ1n) is 9.51. The third kappa shape index (κ3) is 4.88. The van der Waals surface area contributed by atoms with Crippen LogP contribution in [0, 0.1) is 0 Å². The number of rotatable bonds is 4. The van der Waals surface area contributed by atoms with Gasteiger partial charge in [-0.1, -0.05) is 11.6 Å². The van der Waals surface area contributed by atoms with Crippen LogP contribution in [0.15, 0.2) is 36.4 Å². The minimum absolute atomic E-state index is 0.0574. The number of benzene rings is 2. The largest absolute Gasteiger partial charge is 0.504 e. The van der Waals surface area contributed by atoms with Crippen molar-refractivity contribution < 1.29 is 29.6 Å². The smallest absolute Gasteiger partial charge is 0.263 e. The van der Waals surface area contributed by atoms with Gasteiger partial charge in [-0.2, -0.15) is 0 Å². The molecule has 0 radical (unpaired) electrons. The maximum atomic E-state index is 12.8. The predicted octanol–water partition coefficient (Wildman–Crippen LogP) is 2.60. The number of aromatic hydroxyl groups is 3. The van der Waals surface area contributed by atoms with Crippen molar-refractivity contribution in [2.45, 2.75) is 19.4 Å². The molecule has 1 unspecified atom stereocenters. The Morgan fingerprint density at radius 1 is 0.967 bits per heavy atom. The highest BCUT2D eigenvalue weighted by molar-refractivity contribution is 6.30. The summed E-state index contributed by atoms with van der Waals surface area (Å²) in [5.74, 6) is -1.86. The summed E-state index contributed by atoms with van der Waals surface area (Å²) in [5.41, 5.74) is 0.0574. The maximum absolute atomic E-state index is 12.8. The van der Waals surface area contributed by atoms with Crippen LogP contribution in [0.5, 0.6) is 23.0 Å². The molecule has 0 saturated carbocycles. The second-order valence-corrected chi connectivity index (χ2v) is 7.48. The Bertz CT molecular complexity index is 911. The van der Waals surface area contributed by atoms with E-state index in [1.54, 1.807) is 41.0 Å². The lowest BCUT2D eigenvalue weighted by atomic mass is 10.1. The summed E-state index contributed by atoms with van der Waals surface area (Å²) in [6, 6.07) is 8.96. The van der Waals surface area contributed by atoms with Gasteiger partial charge in [0.1, 0.15) is 5.75 Å². The van der Waals surface area contributed by atoms with Gasteiger partial charge < -0.3 is 29.9 Å². The van der Waals surface area contributed by atoms with Gasteiger partial charge in [-0.15, -0.1) is 0 Å². The minimum Gasteiger partial charge on any atom is -0.504 e. The topological polar surface area (TPSA) is 111 Å². The van der Waals surface area contributed by atoms with Crippen LogP contribution >= 0.6 is 11.6 Å². The summed E-state index contributed by atoms with van der Waals surface area (Å²) in [5, 5.41) is 29.3. The highest BCUT2D eigenvalue weighted by Crippen LogP contribution is 2.35. The van der Waals surface area contributed by atoms with E-state index in [9.17, 15) is 24.9 Å². The molecule has 0 spiro atoms. The number of nitrogens with zero attached hydrogens (tertiary/aromatic N) is 2. The Labute approximate surface area is 178 Å². The van der Waals surface area contributed by atoms with E-state index in [1.165, 1.54) is 0 Å². The normalized spacial score (nSPS) is 15.4. The molecule has 1 aliphatic rings. The zero-order valence-corrected chi connectivity index (χ0v) is 17.2. The van der Waals surface area contributed by atoms with E-state index >= 15 is 0 Å². The molecule has 2 aromatic carbocycles. The van der Waals surface area contributed by atoms with Crippen molar-refractivity contribution in [2.24, 2.45) is 0 Å². The Balaban J connectivity index is 1.62. The SMILES string of the molecule is CC(Oc1ccc(Cl)cc1)C(=O)N1CCCN(C(=O)c2cc(O)c(O)c(O)c2)CC1. The molecule has 1 fully saturated rings. The molecule has 160 valence electrons. The fourth-order valence-corrected chi connectivity index (χ4v) is 3.40. The zero-order valence-electron chi connectivity index (χ0n) is 16.4. The summed E-state index contributed by atoms with van der Waals surface area (Å²) >= 11 is 5.86. The van der Waals surface area contributed by atoms with E-state index in [0.717, 1.165) is 12.1 Å². The number of hydrogen-bond acceptors (Lipinski definition) is 6. The molecule has 2 aromatic rings. The van der Waals surface area contributed by atoms with Crippen molar-refractivity contribution in [1.29, 1.82) is 0 Å². The molecule has 0 aromatic heterocycles. The molecular formula is C21H23ClN2O6. The quantitative estimate of drug-likeness (QED) is 0.638. The summed E-state index contributed by atoms with van der Waals surface area (Å²) in [4.78, 5) is 28.7. The number of ether oxygens (including phenoxy) is 1. The number of carbonyl (C=O) groups excluding carboxylic acids is 2. The number of amides is 2. The van der Waals surface area contributed by atoms with Crippen molar-refractivity contribution in [1.82, 2.24) is 9.80 Å². The van der Waals surface area contributed by atoms with E-state index in [-0.39, 0.29) is 11.5 Å². The van der Waals surface area contributed by atoms with E-state index in [1.807, 2.05) is 0 Å². The van der Waals surface area contributed by atoms with E-state index < -0.39 is 29.3 Å². The molecule has 1 atom stereocenters. The average Bonchev–Trinajstić information content (AvgIpc) is 2.98. The Morgan fingerprint density at radius 2 is 1.53 bits per heavy atom. The Kier molecular flexibility index (Phi) is 6.56. The van der Waals surface area contributed by atoms with Gasteiger partial charge in [-0.3, -0.25) is 9.59 Å². The van der Waals surface area contributed by atoms with Crippen LogP contribution in [-0.2, 0) is 4.79 Å². The van der Waals surface area contributed by atoms with Crippen LogP contribution in [-0.4, -0.2) is 69.2 Å². The molecule has 30 heavy (non-hydrogen) atoms. The first-order valence-corrected chi connectivity index (χ1v) is 9.89. The van der Waals surface area contributed by atoms with Gasteiger partial charge in [0, 0.05) is 36.8 Å². The zero-order chi connectivity index (χ0) is 21.8. The first-order chi connectivity index (χ1) is 14.3. The molecule has 1 heterocycles. The lowest BCUT2D eigenvalue weighted by molar-refractivity contribution is -0.137. The molecule has 0 bridgehead atoms. The summed E-state index contributed by atoms with van der Waals surface area (Å²) in [6.07, 6.45) is -0.124. The van der Waals surface area contributed by atoms with Crippen molar-refractivity contribution in [3.8, 4) is 23.0 Å². The number of hydrogen-bond donors (Lipinski definition) is 3. The lowest BCUT2D eigenvalue weighted by Gasteiger charge is -2.25. The van der Waals surface area contributed by atoms with E-state index in [2.05, 4.69) is 0 Å². The number of halogens is 1. The Morgan fingerprint density at radius 3 is 2.17 bits per heavy atom. The first kappa shape index (κ1) is 21.6.